The zero-order valence-electron chi connectivity index (χ0n) is 13.2. The third-order valence-electron chi connectivity index (χ3n) is 6.30. The van der Waals surface area contributed by atoms with E-state index >= 15 is 0 Å². The van der Waals surface area contributed by atoms with Gasteiger partial charge in [0.25, 0.3) is 0 Å². The van der Waals surface area contributed by atoms with Crippen LogP contribution in [0.5, 0.6) is 0 Å². The SMILES string of the molecule is c1cc2ccn3c2c2c1ccn2[Si]31n2ccc3ccc4ccn1c4c32. The highest BCUT2D eigenvalue weighted by Crippen LogP contribution is 2.44. The van der Waals surface area contributed by atoms with E-state index in [1.807, 2.05) is 0 Å². The second kappa shape index (κ2) is 3.17. The number of fused-ring (bicyclic) bond motifs is 4. The van der Waals surface area contributed by atoms with Crippen molar-refractivity contribution in [1.82, 2.24) is 16.9 Å². The molecule has 4 nitrogen and oxygen atoms in total. The molecule has 5 heteroatoms. The summed E-state index contributed by atoms with van der Waals surface area (Å²) in [5, 5.41) is 5.33. The van der Waals surface area contributed by atoms with Gasteiger partial charge in [-0.15, -0.1) is 0 Å². The van der Waals surface area contributed by atoms with Crippen molar-refractivity contribution in [3.05, 3.63) is 73.3 Å². The Morgan fingerprint density at radius 2 is 0.680 bits per heavy atom. The number of hydrogen-bond donors (Lipinski definition) is 0. The first-order chi connectivity index (χ1) is 12.4. The Morgan fingerprint density at radius 1 is 0.400 bits per heavy atom. The molecule has 25 heavy (non-hydrogen) atoms. The van der Waals surface area contributed by atoms with Crippen LogP contribution in [0, 0.1) is 0 Å². The Balaban J connectivity index is 1.75. The molecular weight excluding hydrogens is 324 g/mol. The minimum Gasteiger partial charge on any atom is -0.320 e. The van der Waals surface area contributed by atoms with Crippen molar-refractivity contribution in [3.8, 4) is 0 Å². The fraction of sp³-hybridized carbons (Fsp3) is 0. The van der Waals surface area contributed by atoms with Crippen molar-refractivity contribution in [1.29, 1.82) is 0 Å². The number of nitrogens with zero attached hydrogens (tertiary/aromatic N) is 4. The van der Waals surface area contributed by atoms with Gasteiger partial charge in [0, 0.05) is 46.3 Å². The summed E-state index contributed by atoms with van der Waals surface area (Å²) < 4.78 is 10.3. The molecule has 4 aromatic heterocycles. The summed E-state index contributed by atoms with van der Waals surface area (Å²) in [6.45, 7) is 0. The molecule has 0 saturated carbocycles. The van der Waals surface area contributed by atoms with Crippen molar-refractivity contribution >= 4 is 52.3 Å². The van der Waals surface area contributed by atoms with Crippen LogP contribution in [-0.2, 0) is 0 Å². The lowest BCUT2D eigenvalue weighted by Crippen LogP contribution is -2.59. The third-order valence-corrected chi connectivity index (χ3v) is 10.4. The first-order valence-corrected chi connectivity index (χ1v) is 10.4. The molecule has 2 aromatic carbocycles. The standard InChI is InChI=1S/C20H12N4Si/c1-2-14-6-10-22-18(14)17-13(1)5-9-21(17)25(22)23-11-7-15-3-4-16-8-12-24(25)20(16)19(15)23/h1-12H. The normalized spacial score (nSPS) is 16.3. The van der Waals surface area contributed by atoms with Crippen molar-refractivity contribution in [2.75, 3.05) is 0 Å². The molecule has 0 radical (unpaired) electrons. The molecule has 0 unspecified atom stereocenters. The van der Waals surface area contributed by atoms with Crippen LogP contribution in [0.4, 0.5) is 0 Å². The quantitative estimate of drug-likeness (QED) is 0.372. The maximum absolute atomic E-state index is 2.57. The molecule has 2 aliphatic heterocycles. The Labute approximate surface area is 143 Å². The molecule has 0 aliphatic carbocycles. The van der Waals surface area contributed by atoms with E-state index in [1.54, 1.807) is 0 Å². The number of aromatic nitrogens is 4. The maximum atomic E-state index is 2.57. The smallest absolute Gasteiger partial charge is 0.320 e. The lowest BCUT2D eigenvalue weighted by Gasteiger charge is -2.29. The minimum absolute atomic E-state index is 1.33. The van der Waals surface area contributed by atoms with Gasteiger partial charge in [0.15, 0.2) is 0 Å². The Morgan fingerprint density at radius 3 is 0.960 bits per heavy atom. The average Bonchev–Trinajstić information content (AvgIpc) is 3.42. The Kier molecular flexibility index (Phi) is 1.44. The van der Waals surface area contributed by atoms with E-state index < -0.39 is 8.72 Å². The van der Waals surface area contributed by atoms with Crippen LogP contribution < -0.4 is 0 Å². The second-order valence-electron chi connectivity index (χ2n) is 7.23. The van der Waals surface area contributed by atoms with Crippen LogP contribution in [0.1, 0.15) is 0 Å². The van der Waals surface area contributed by atoms with Crippen LogP contribution >= 0.6 is 0 Å². The van der Waals surface area contributed by atoms with Crippen molar-refractivity contribution < 1.29 is 0 Å². The molecule has 0 N–H and O–H groups in total. The van der Waals surface area contributed by atoms with Gasteiger partial charge in [-0.05, 0) is 24.3 Å². The van der Waals surface area contributed by atoms with Gasteiger partial charge in [0.1, 0.15) is 0 Å². The van der Waals surface area contributed by atoms with Gasteiger partial charge >= 0.3 is 8.72 Å². The van der Waals surface area contributed by atoms with Crippen LogP contribution in [0.3, 0.4) is 0 Å². The van der Waals surface area contributed by atoms with E-state index in [-0.39, 0.29) is 0 Å². The van der Waals surface area contributed by atoms with Crippen LogP contribution in [0.15, 0.2) is 73.3 Å². The fourth-order valence-electron chi connectivity index (χ4n) is 5.39. The molecule has 6 heterocycles. The molecule has 6 aromatic rings. The summed E-state index contributed by atoms with van der Waals surface area (Å²) in [6, 6.07) is 18.1. The van der Waals surface area contributed by atoms with E-state index in [1.165, 1.54) is 43.6 Å². The summed E-state index contributed by atoms with van der Waals surface area (Å²) >= 11 is 0. The van der Waals surface area contributed by atoms with Gasteiger partial charge in [0.2, 0.25) is 0 Å². The highest BCUT2D eigenvalue weighted by atomic mass is 28.4. The molecule has 116 valence electrons. The molecule has 2 aliphatic rings. The van der Waals surface area contributed by atoms with Gasteiger partial charge in [-0.1, -0.05) is 24.3 Å². The van der Waals surface area contributed by atoms with Crippen molar-refractivity contribution in [2.45, 2.75) is 0 Å². The Hall–Kier alpha value is -3.18. The molecule has 0 bridgehead atoms. The van der Waals surface area contributed by atoms with Gasteiger partial charge in [-0.3, -0.25) is 0 Å². The lowest BCUT2D eigenvalue weighted by molar-refractivity contribution is 0.912. The van der Waals surface area contributed by atoms with Crippen molar-refractivity contribution in [2.24, 2.45) is 0 Å². The molecule has 0 amide bonds. The largest absolute Gasteiger partial charge is 0.520 e. The van der Waals surface area contributed by atoms with E-state index in [0.717, 1.165) is 0 Å². The molecule has 8 rings (SSSR count). The molecule has 0 saturated heterocycles. The number of rotatable bonds is 0. The molecule has 0 atom stereocenters. The van der Waals surface area contributed by atoms with Crippen LogP contribution in [0.25, 0.3) is 43.6 Å². The predicted molar refractivity (Wildman–Crippen MR) is 102 cm³/mol. The highest BCUT2D eigenvalue weighted by molar-refractivity contribution is 6.80. The zero-order chi connectivity index (χ0) is 15.9. The summed E-state index contributed by atoms with van der Waals surface area (Å²) in [5.41, 5.74) is 5.52. The highest BCUT2D eigenvalue weighted by Gasteiger charge is 2.55. The van der Waals surface area contributed by atoms with E-state index in [9.17, 15) is 0 Å². The second-order valence-corrected chi connectivity index (χ2v) is 10.4. The van der Waals surface area contributed by atoms with Gasteiger partial charge in [0.05, 0.1) is 22.1 Å². The molecule has 1 spiro atoms. The predicted octanol–water partition coefficient (Wildman–Crippen LogP) is 4.06. The average molecular weight is 336 g/mol. The minimum atomic E-state index is -2.40. The number of hydrogen-bond acceptors (Lipinski definition) is 0. The van der Waals surface area contributed by atoms with Crippen LogP contribution in [-0.4, -0.2) is 25.7 Å². The summed E-state index contributed by atoms with van der Waals surface area (Å²) in [4.78, 5) is 0. The third kappa shape index (κ3) is 0.894. The lowest BCUT2D eigenvalue weighted by atomic mass is 10.2. The Bertz CT molecular complexity index is 1320. The van der Waals surface area contributed by atoms with Gasteiger partial charge in [-0.2, -0.15) is 0 Å². The topological polar surface area (TPSA) is 19.7 Å². The molecule has 0 fully saturated rings. The van der Waals surface area contributed by atoms with Gasteiger partial charge in [-0.25, -0.2) is 0 Å². The zero-order valence-corrected chi connectivity index (χ0v) is 14.2. The monoisotopic (exact) mass is 336 g/mol. The fourth-order valence-corrected chi connectivity index (χ4v) is 10.0. The summed E-state index contributed by atoms with van der Waals surface area (Å²) in [7, 11) is -2.40. The summed E-state index contributed by atoms with van der Waals surface area (Å²) in [5.74, 6) is 0. The van der Waals surface area contributed by atoms with Crippen molar-refractivity contribution in [3.63, 3.8) is 0 Å². The first kappa shape index (κ1) is 11.4. The van der Waals surface area contributed by atoms with Crippen LogP contribution in [0.2, 0.25) is 0 Å². The first-order valence-electron chi connectivity index (χ1n) is 8.63. The van der Waals surface area contributed by atoms with E-state index in [2.05, 4.69) is 90.2 Å². The number of benzene rings is 2. The van der Waals surface area contributed by atoms with E-state index in [0.29, 0.717) is 0 Å². The van der Waals surface area contributed by atoms with E-state index in [4.69, 9.17) is 0 Å². The maximum Gasteiger partial charge on any atom is 0.520 e. The van der Waals surface area contributed by atoms with Gasteiger partial charge < -0.3 is 16.9 Å². The summed E-state index contributed by atoms with van der Waals surface area (Å²) in [6.07, 6.45) is 9.19. The molecular formula is C20H12N4Si.